The van der Waals surface area contributed by atoms with Crippen LogP contribution in [0.3, 0.4) is 0 Å². The van der Waals surface area contributed by atoms with Crippen LogP contribution in [0.25, 0.3) is 0 Å². The van der Waals surface area contributed by atoms with Crippen LogP contribution in [0.4, 0.5) is 29.5 Å². The molecule has 12 heteroatoms. The molecule has 2 amide bonds. The lowest BCUT2D eigenvalue weighted by Crippen LogP contribution is -2.45. The molecule has 2 atom stereocenters. The number of hydrogen-bond acceptors (Lipinski definition) is 6. The fourth-order valence-corrected chi connectivity index (χ4v) is 3.48. The molecule has 0 unspecified atom stereocenters. The second kappa shape index (κ2) is 9.94. The van der Waals surface area contributed by atoms with Gasteiger partial charge in [0, 0.05) is 30.9 Å². The number of nitrogens with zero attached hydrogens (tertiary/aromatic N) is 3. The van der Waals surface area contributed by atoms with Gasteiger partial charge in [-0.2, -0.15) is 5.10 Å². The number of ether oxygens (including phenoxy) is 1. The third-order valence-corrected chi connectivity index (χ3v) is 5.28. The number of halogens is 3. The maximum atomic E-state index is 13.2. The Morgan fingerprint density at radius 2 is 2.06 bits per heavy atom. The molecule has 33 heavy (non-hydrogen) atoms. The van der Waals surface area contributed by atoms with E-state index in [4.69, 9.17) is 10.8 Å². The Kier molecular flexibility index (Phi) is 7.26. The number of hydrogen-bond donors (Lipinski definition) is 3. The van der Waals surface area contributed by atoms with E-state index in [0.717, 1.165) is 0 Å². The number of nitrogens with one attached hydrogen (secondary N) is 1. The van der Waals surface area contributed by atoms with Gasteiger partial charge in [-0.3, -0.25) is 9.48 Å². The van der Waals surface area contributed by atoms with Crippen LogP contribution >= 0.6 is 0 Å². The Morgan fingerprint density at radius 3 is 2.67 bits per heavy atom. The van der Waals surface area contributed by atoms with Gasteiger partial charge in [0.1, 0.15) is 18.0 Å². The zero-order chi connectivity index (χ0) is 24.2. The van der Waals surface area contributed by atoms with Crippen molar-refractivity contribution in [2.24, 2.45) is 11.7 Å². The van der Waals surface area contributed by atoms with Crippen molar-refractivity contribution in [2.45, 2.75) is 18.4 Å². The molecule has 2 heterocycles. The standard InChI is InChI=1S/C21H24F3N5O4/c1-2-13-7-8-28(20(32)33-12-21(23,24)11-30)10-17(13)29-9-16(18(25)31)19(27-29)26-15-5-3-14(22)4-6-15/h2-6,9,13,17,30H,1,7-8,10-12H2,(H2,25,31)(H,26,27)/t13-,17-/m1/s1. The molecule has 1 aromatic heterocycles. The van der Waals surface area contributed by atoms with E-state index in [1.165, 1.54) is 40.0 Å². The van der Waals surface area contributed by atoms with Crippen LogP contribution < -0.4 is 11.1 Å². The van der Waals surface area contributed by atoms with Crippen LogP contribution in [0.1, 0.15) is 22.8 Å². The fourth-order valence-electron chi connectivity index (χ4n) is 3.48. The van der Waals surface area contributed by atoms with Crippen LogP contribution in [0, 0.1) is 11.7 Å². The summed E-state index contributed by atoms with van der Waals surface area (Å²) >= 11 is 0. The fraction of sp³-hybridized carbons (Fsp3) is 0.381. The van der Waals surface area contributed by atoms with Crippen LogP contribution in [0.15, 0.2) is 43.1 Å². The molecule has 0 bridgehead atoms. The first kappa shape index (κ1) is 24.1. The van der Waals surface area contributed by atoms with E-state index in [2.05, 4.69) is 21.7 Å². The molecule has 3 rings (SSSR count). The number of likely N-dealkylation sites (tertiary alicyclic amines) is 1. The van der Waals surface area contributed by atoms with Crippen molar-refractivity contribution in [1.29, 1.82) is 0 Å². The van der Waals surface area contributed by atoms with Crippen molar-refractivity contribution < 1.29 is 32.6 Å². The van der Waals surface area contributed by atoms with Gasteiger partial charge in [-0.15, -0.1) is 6.58 Å². The topological polar surface area (TPSA) is 123 Å². The molecule has 1 aromatic carbocycles. The predicted molar refractivity (Wildman–Crippen MR) is 113 cm³/mol. The van der Waals surface area contributed by atoms with Crippen LogP contribution in [-0.2, 0) is 4.74 Å². The number of aliphatic hydroxyl groups excluding tert-OH is 1. The largest absolute Gasteiger partial charge is 0.443 e. The van der Waals surface area contributed by atoms with Crippen molar-refractivity contribution in [3.05, 3.63) is 54.5 Å². The third kappa shape index (κ3) is 5.83. The van der Waals surface area contributed by atoms with E-state index >= 15 is 0 Å². The second-order valence-electron chi connectivity index (χ2n) is 7.64. The van der Waals surface area contributed by atoms with E-state index in [-0.39, 0.29) is 30.4 Å². The molecule has 1 fully saturated rings. The Morgan fingerprint density at radius 1 is 1.36 bits per heavy atom. The third-order valence-electron chi connectivity index (χ3n) is 5.28. The van der Waals surface area contributed by atoms with Gasteiger partial charge in [0.15, 0.2) is 12.4 Å². The van der Waals surface area contributed by atoms with Gasteiger partial charge in [0.05, 0.1) is 6.04 Å². The lowest BCUT2D eigenvalue weighted by Gasteiger charge is -2.36. The Bertz CT molecular complexity index is 1010. The van der Waals surface area contributed by atoms with Gasteiger partial charge in [-0.1, -0.05) is 6.08 Å². The summed E-state index contributed by atoms with van der Waals surface area (Å²) in [5.41, 5.74) is 6.03. The summed E-state index contributed by atoms with van der Waals surface area (Å²) in [5, 5.41) is 15.9. The van der Waals surface area contributed by atoms with Crippen molar-refractivity contribution in [3.8, 4) is 0 Å². The molecule has 2 aromatic rings. The summed E-state index contributed by atoms with van der Waals surface area (Å²) in [6.45, 7) is 1.42. The molecule has 4 N–H and O–H groups in total. The number of anilines is 2. The molecule has 178 valence electrons. The number of piperidine rings is 1. The quantitative estimate of drug-likeness (QED) is 0.513. The number of aromatic nitrogens is 2. The van der Waals surface area contributed by atoms with E-state index in [1.54, 1.807) is 6.08 Å². The first-order valence-corrected chi connectivity index (χ1v) is 10.1. The molecule has 9 nitrogen and oxygen atoms in total. The molecule has 0 aliphatic carbocycles. The highest BCUT2D eigenvalue weighted by Gasteiger charge is 2.35. The molecular formula is C21H24F3N5O4. The number of carbonyl (C=O) groups is 2. The maximum Gasteiger partial charge on any atom is 0.410 e. The number of aliphatic hydroxyl groups is 1. The molecule has 1 saturated heterocycles. The number of carbonyl (C=O) groups excluding carboxylic acids is 2. The highest BCUT2D eigenvalue weighted by molar-refractivity contribution is 5.98. The Hall–Kier alpha value is -3.54. The van der Waals surface area contributed by atoms with Crippen LogP contribution in [0.5, 0.6) is 0 Å². The summed E-state index contributed by atoms with van der Waals surface area (Å²) in [7, 11) is 0. The second-order valence-corrected chi connectivity index (χ2v) is 7.64. The molecule has 1 aliphatic rings. The van der Waals surface area contributed by atoms with Gasteiger partial charge in [-0.05, 0) is 30.7 Å². The molecule has 0 spiro atoms. The number of amides is 2. The Balaban J connectivity index is 1.81. The molecular weight excluding hydrogens is 443 g/mol. The van der Waals surface area contributed by atoms with Gasteiger partial charge in [0.2, 0.25) is 0 Å². The summed E-state index contributed by atoms with van der Waals surface area (Å²) in [6.07, 6.45) is 2.60. The van der Waals surface area contributed by atoms with E-state index in [1.807, 2.05) is 0 Å². The van der Waals surface area contributed by atoms with Gasteiger partial charge in [-0.25, -0.2) is 18.0 Å². The first-order chi connectivity index (χ1) is 15.6. The number of rotatable bonds is 8. The summed E-state index contributed by atoms with van der Waals surface area (Å²) in [6, 6.07) is 4.92. The first-order valence-electron chi connectivity index (χ1n) is 10.1. The van der Waals surface area contributed by atoms with E-state index < -0.39 is 43.0 Å². The van der Waals surface area contributed by atoms with Crippen LogP contribution in [-0.4, -0.2) is 64.0 Å². The molecule has 0 radical (unpaired) electrons. The highest BCUT2D eigenvalue weighted by atomic mass is 19.3. The SMILES string of the molecule is C=C[C@@H]1CCN(C(=O)OCC(F)(F)CO)C[C@H]1n1cc(C(N)=O)c(Nc2ccc(F)cc2)n1. The average molecular weight is 467 g/mol. The van der Waals surface area contributed by atoms with Crippen molar-refractivity contribution in [2.75, 3.05) is 31.6 Å². The summed E-state index contributed by atoms with van der Waals surface area (Å²) in [5.74, 6) is -4.72. The van der Waals surface area contributed by atoms with Crippen LogP contribution in [0.2, 0.25) is 0 Å². The van der Waals surface area contributed by atoms with E-state index in [9.17, 15) is 22.8 Å². The lowest BCUT2D eigenvalue weighted by atomic mass is 9.92. The Labute approximate surface area is 187 Å². The summed E-state index contributed by atoms with van der Waals surface area (Å²) < 4.78 is 45.7. The average Bonchev–Trinajstić information content (AvgIpc) is 3.22. The van der Waals surface area contributed by atoms with Gasteiger partial charge < -0.3 is 25.8 Å². The number of alkyl halides is 2. The smallest absolute Gasteiger partial charge is 0.410 e. The summed E-state index contributed by atoms with van der Waals surface area (Å²) in [4.78, 5) is 25.5. The monoisotopic (exact) mass is 467 g/mol. The zero-order valence-corrected chi connectivity index (χ0v) is 17.6. The zero-order valence-electron chi connectivity index (χ0n) is 17.6. The number of allylic oxidation sites excluding steroid dienone is 1. The minimum atomic E-state index is -3.53. The lowest BCUT2D eigenvalue weighted by molar-refractivity contribution is -0.0943. The van der Waals surface area contributed by atoms with Gasteiger partial charge in [0.25, 0.3) is 5.91 Å². The minimum Gasteiger partial charge on any atom is -0.443 e. The van der Waals surface area contributed by atoms with E-state index in [0.29, 0.717) is 12.1 Å². The number of nitrogens with two attached hydrogens (primary N) is 1. The van der Waals surface area contributed by atoms with Crippen molar-refractivity contribution in [3.63, 3.8) is 0 Å². The minimum absolute atomic E-state index is 0.0517. The van der Waals surface area contributed by atoms with Crippen molar-refractivity contribution in [1.82, 2.24) is 14.7 Å². The van der Waals surface area contributed by atoms with Crippen molar-refractivity contribution >= 4 is 23.5 Å². The highest BCUT2D eigenvalue weighted by Crippen LogP contribution is 2.31. The molecule has 1 aliphatic heterocycles. The number of benzene rings is 1. The molecule has 0 saturated carbocycles. The predicted octanol–water partition coefficient (Wildman–Crippen LogP) is 2.68. The van der Waals surface area contributed by atoms with Gasteiger partial charge >= 0.3 is 12.0 Å². The maximum absolute atomic E-state index is 13.2. The number of primary amides is 1. The normalized spacial score (nSPS) is 18.6.